The number of nitrogens with zero attached hydrogens (tertiary/aromatic N) is 4. The van der Waals surface area contributed by atoms with Gasteiger partial charge in [0.25, 0.3) is 0 Å². The average molecular weight is 323 g/mol. The summed E-state index contributed by atoms with van der Waals surface area (Å²) in [6.45, 7) is 0. The monoisotopic (exact) mass is 323 g/mol. The van der Waals surface area contributed by atoms with Crippen LogP contribution in [0, 0.1) is 0 Å². The molecule has 5 nitrogen and oxygen atoms in total. The van der Waals surface area contributed by atoms with Crippen molar-refractivity contribution in [3.63, 3.8) is 0 Å². The molecule has 0 aliphatic heterocycles. The van der Waals surface area contributed by atoms with E-state index in [2.05, 4.69) is 19.9 Å². The Balaban J connectivity index is 2.21. The van der Waals surface area contributed by atoms with Gasteiger partial charge in [-0.05, 0) is 12.8 Å². The molecular formula is C15H16F3N5. The minimum atomic E-state index is -4.58. The smallest absolute Gasteiger partial charge is 0.368 e. The van der Waals surface area contributed by atoms with Crippen LogP contribution in [-0.2, 0) is 6.18 Å². The molecule has 0 amide bonds. The zero-order valence-electron chi connectivity index (χ0n) is 12.3. The lowest BCUT2D eigenvalue weighted by Gasteiger charge is -2.25. The number of nitrogen functional groups attached to an aromatic ring is 1. The lowest BCUT2D eigenvalue weighted by atomic mass is 9.84. The maximum atomic E-state index is 13.7. The minimum absolute atomic E-state index is 0.00893. The largest absolute Gasteiger partial charge is 0.420 e. The van der Waals surface area contributed by atoms with Crippen LogP contribution in [0.25, 0.3) is 11.4 Å². The molecule has 2 aromatic rings. The number of aromatic nitrogens is 4. The van der Waals surface area contributed by atoms with Gasteiger partial charge in [0.05, 0.1) is 11.9 Å². The number of hydrogen-bond acceptors (Lipinski definition) is 5. The van der Waals surface area contributed by atoms with Crippen LogP contribution in [0.5, 0.6) is 0 Å². The molecule has 3 rings (SSSR count). The van der Waals surface area contributed by atoms with Crippen LogP contribution in [0.15, 0.2) is 18.6 Å². The lowest BCUT2D eigenvalue weighted by Crippen LogP contribution is -2.20. The Labute approximate surface area is 131 Å². The highest BCUT2D eigenvalue weighted by atomic mass is 19.4. The van der Waals surface area contributed by atoms with Crippen molar-refractivity contribution < 1.29 is 13.2 Å². The van der Waals surface area contributed by atoms with Crippen LogP contribution < -0.4 is 5.73 Å². The van der Waals surface area contributed by atoms with E-state index in [1.54, 1.807) is 0 Å². The number of anilines is 1. The third kappa shape index (κ3) is 3.25. The molecule has 0 aromatic carbocycles. The number of nitrogens with two attached hydrogens (primary N) is 1. The summed E-state index contributed by atoms with van der Waals surface area (Å²) in [6, 6.07) is 0. The molecule has 1 saturated carbocycles. The van der Waals surface area contributed by atoms with Crippen LogP contribution in [0.1, 0.15) is 49.3 Å². The minimum Gasteiger partial charge on any atom is -0.368 e. The van der Waals surface area contributed by atoms with Gasteiger partial charge in [-0.1, -0.05) is 19.3 Å². The van der Waals surface area contributed by atoms with Crippen LogP contribution >= 0.6 is 0 Å². The third-order valence-corrected chi connectivity index (χ3v) is 4.04. The van der Waals surface area contributed by atoms with E-state index < -0.39 is 11.7 Å². The fourth-order valence-electron chi connectivity index (χ4n) is 3.05. The van der Waals surface area contributed by atoms with Gasteiger partial charge in [0.2, 0.25) is 5.95 Å². The predicted molar refractivity (Wildman–Crippen MR) is 78.3 cm³/mol. The van der Waals surface area contributed by atoms with Gasteiger partial charge in [0.15, 0.2) is 0 Å². The molecule has 8 heteroatoms. The second kappa shape index (κ2) is 6.10. The SMILES string of the molecule is Nc1nc(-c2cnccn2)c(C(F)(F)F)c(C2CCCCC2)n1. The molecule has 0 bridgehead atoms. The van der Waals surface area contributed by atoms with Crippen molar-refractivity contribution in [1.29, 1.82) is 0 Å². The van der Waals surface area contributed by atoms with Gasteiger partial charge in [0.1, 0.15) is 17.0 Å². The first-order valence-corrected chi connectivity index (χ1v) is 7.48. The van der Waals surface area contributed by atoms with Crippen molar-refractivity contribution in [3.05, 3.63) is 29.8 Å². The maximum absolute atomic E-state index is 13.7. The summed E-state index contributed by atoms with van der Waals surface area (Å²) in [5.74, 6) is -0.416. The van der Waals surface area contributed by atoms with E-state index in [0.717, 1.165) is 19.3 Å². The third-order valence-electron chi connectivity index (χ3n) is 4.04. The lowest BCUT2D eigenvalue weighted by molar-refractivity contribution is -0.138. The van der Waals surface area contributed by atoms with Gasteiger partial charge in [-0.3, -0.25) is 9.97 Å². The van der Waals surface area contributed by atoms with Gasteiger partial charge in [-0.2, -0.15) is 13.2 Å². The topological polar surface area (TPSA) is 77.6 Å². The van der Waals surface area contributed by atoms with Crippen molar-refractivity contribution in [2.24, 2.45) is 0 Å². The fraction of sp³-hybridized carbons (Fsp3) is 0.467. The second-order valence-corrected chi connectivity index (χ2v) is 5.61. The Bertz CT molecular complexity index is 682. The van der Waals surface area contributed by atoms with E-state index in [4.69, 9.17) is 5.73 Å². The normalized spacial score (nSPS) is 16.5. The van der Waals surface area contributed by atoms with E-state index in [0.29, 0.717) is 12.8 Å². The van der Waals surface area contributed by atoms with E-state index >= 15 is 0 Å². The average Bonchev–Trinajstić information content (AvgIpc) is 2.54. The summed E-state index contributed by atoms with van der Waals surface area (Å²) < 4.78 is 41.1. The highest BCUT2D eigenvalue weighted by Gasteiger charge is 2.41. The predicted octanol–water partition coefficient (Wildman–Crippen LogP) is 3.58. The van der Waals surface area contributed by atoms with Crippen molar-refractivity contribution >= 4 is 5.95 Å². The molecule has 1 fully saturated rings. The second-order valence-electron chi connectivity index (χ2n) is 5.61. The van der Waals surface area contributed by atoms with Crippen LogP contribution in [0.3, 0.4) is 0 Å². The number of halogens is 3. The van der Waals surface area contributed by atoms with E-state index in [1.165, 1.54) is 18.6 Å². The highest BCUT2D eigenvalue weighted by molar-refractivity contribution is 5.62. The summed E-state index contributed by atoms with van der Waals surface area (Å²) >= 11 is 0. The molecule has 1 aliphatic carbocycles. The standard InChI is InChI=1S/C15H16F3N5/c16-15(17,18)11-12(9-4-2-1-3-5-9)22-14(19)23-13(11)10-8-20-6-7-21-10/h6-9H,1-5H2,(H2,19,22,23). The van der Waals surface area contributed by atoms with Gasteiger partial charge in [-0.25, -0.2) is 9.97 Å². The summed E-state index contributed by atoms with van der Waals surface area (Å²) in [4.78, 5) is 15.5. The van der Waals surface area contributed by atoms with E-state index in [9.17, 15) is 13.2 Å². The first-order valence-electron chi connectivity index (χ1n) is 7.48. The molecule has 122 valence electrons. The Morgan fingerprint density at radius 1 is 1.04 bits per heavy atom. The van der Waals surface area contributed by atoms with Gasteiger partial charge in [-0.15, -0.1) is 0 Å². The maximum Gasteiger partial charge on any atom is 0.420 e. The number of alkyl halides is 3. The molecule has 0 spiro atoms. The first-order chi connectivity index (χ1) is 11.0. The summed E-state index contributed by atoms with van der Waals surface area (Å²) in [7, 11) is 0. The summed E-state index contributed by atoms with van der Waals surface area (Å²) in [6.07, 6.45) is 3.58. The zero-order chi connectivity index (χ0) is 16.4. The molecule has 0 saturated heterocycles. The van der Waals surface area contributed by atoms with Crippen LogP contribution in [0.2, 0.25) is 0 Å². The quantitative estimate of drug-likeness (QED) is 0.914. The van der Waals surface area contributed by atoms with Gasteiger partial charge >= 0.3 is 6.18 Å². The first kappa shape index (κ1) is 15.6. The Morgan fingerprint density at radius 3 is 2.39 bits per heavy atom. The van der Waals surface area contributed by atoms with Crippen molar-refractivity contribution in [2.75, 3.05) is 5.73 Å². The molecule has 1 aliphatic rings. The molecule has 0 atom stereocenters. The van der Waals surface area contributed by atoms with Crippen molar-refractivity contribution in [3.8, 4) is 11.4 Å². The molecular weight excluding hydrogens is 307 g/mol. The Kier molecular flexibility index (Phi) is 4.14. The highest BCUT2D eigenvalue weighted by Crippen LogP contribution is 2.43. The molecule has 0 unspecified atom stereocenters. The van der Waals surface area contributed by atoms with E-state index in [-0.39, 0.29) is 28.9 Å². The fourth-order valence-corrected chi connectivity index (χ4v) is 3.05. The number of rotatable bonds is 2. The Hall–Kier alpha value is -2.25. The Morgan fingerprint density at radius 2 is 1.78 bits per heavy atom. The summed E-state index contributed by atoms with van der Waals surface area (Å²) in [5, 5.41) is 0. The van der Waals surface area contributed by atoms with Crippen LogP contribution in [-0.4, -0.2) is 19.9 Å². The van der Waals surface area contributed by atoms with Crippen molar-refractivity contribution in [2.45, 2.75) is 44.2 Å². The van der Waals surface area contributed by atoms with Gasteiger partial charge in [0, 0.05) is 18.3 Å². The molecule has 2 N–H and O–H groups in total. The van der Waals surface area contributed by atoms with Crippen molar-refractivity contribution in [1.82, 2.24) is 19.9 Å². The molecule has 2 heterocycles. The molecule has 2 aromatic heterocycles. The number of hydrogen-bond donors (Lipinski definition) is 1. The van der Waals surface area contributed by atoms with E-state index in [1.807, 2.05) is 0 Å². The van der Waals surface area contributed by atoms with Gasteiger partial charge < -0.3 is 5.73 Å². The zero-order valence-corrected chi connectivity index (χ0v) is 12.3. The summed E-state index contributed by atoms with van der Waals surface area (Å²) in [5.41, 5.74) is 4.59. The molecule has 23 heavy (non-hydrogen) atoms. The van der Waals surface area contributed by atoms with Crippen LogP contribution in [0.4, 0.5) is 19.1 Å². The molecule has 0 radical (unpaired) electrons.